The number of carbonyl (C=O) groups excluding carboxylic acids is 2. The van der Waals surface area contributed by atoms with Crippen LogP contribution in [0.2, 0.25) is 0 Å². The van der Waals surface area contributed by atoms with Crippen molar-refractivity contribution < 1.29 is 33.1 Å². The van der Waals surface area contributed by atoms with Crippen LogP contribution in [0.5, 0.6) is 11.5 Å². The van der Waals surface area contributed by atoms with Crippen LogP contribution in [0.15, 0.2) is 52.8 Å². The normalized spacial score (nSPS) is 16.2. The molecule has 8 N–H and O–H groups in total. The molecule has 0 radical (unpaired) electrons. The monoisotopic (exact) mass is 657 g/mol. The van der Waals surface area contributed by atoms with Gasteiger partial charge in [-0.15, -0.1) is 0 Å². The Hall–Kier alpha value is -4.27. The van der Waals surface area contributed by atoms with Crippen LogP contribution in [0.3, 0.4) is 0 Å². The minimum atomic E-state index is -0.853. The number of likely N-dealkylation sites (tertiary alicyclic amines) is 1. The van der Waals surface area contributed by atoms with Gasteiger partial charge in [-0.2, -0.15) is 0 Å². The summed E-state index contributed by atoms with van der Waals surface area (Å²) < 4.78 is 26.4. The van der Waals surface area contributed by atoms with E-state index < -0.39 is 29.8 Å². The first kappa shape index (κ1) is 37.2. The van der Waals surface area contributed by atoms with Crippen molar-refractivity contribution in [2.45, 2.75) is 59.0 Å². The molecule has 0 saturated carbocycles. The lowest BCUT2D eigenvalue weighted by atomic mass is 9.97. The number of amidine groups is 2. The van der Waals surface area contributed by atoms with Crippen LogP contribution in [0.4, 0.5) is 4.39 Å². The standard InChI is InChI=1S/C33H48FN7O6/c1-20(2)28(35)32(42)46-39-30(37)23-6-8-24(9-7-23)44-17-5-14-41-15-12-22(13-16-41)19-45-25-10-11-26(27(34)18-25)31(38)40-47-33(43)29(36)21(3)4/h6-11,18,20-22,28-29H,5,12-17,19,35-36H2,1-4H3,(H2,37,39)(H2,38,40)/t28-,29-/m0/s1. The molecule has 13 nitrogen and oxygen atoms in total. The molecule has 0 aliphatic carbocycles. The number of rotatable bonds is 16. The van der Waals surface area contributed by atoms with Gasteiger partial charge in [0.1, 0.15) is 29.4 Å². The molecule has 1 saturated heterocycles. The van der Waals surface area contributed by atoms with E-state index in [-0.39, 0.29) is 29.1 Å². The molecule has 0 spiro atoms. The molecule has 258 valence electrons. The number of benzene rings is 2. The molecule has 2 aromatic rings. The molecule has 1 heterocycles. The molecule has 0 unspecified atom stereocenters. The number of hydrogen-bond donors (Lipinski definition) is 4. The Balaban J connectivity index is 1.33. The molecule has 47 heavy (non-hydrogen) atoms. The van der Waals surface area contributed by atoms with E-state index in [0.717, 1.165) is 38.9 Å². The van der Waals surface area contributed by atoms with Gasteiger partial charge in [0.25, 0.3) is 0 Å². The maximum atomic E-state index is 14.7. The van der Waals surface area contributed by atoms with Gasteiger partial charge in [-0.25, -0.2) is 14.0 Å². The fourth-order valence-electron chi connectivity index (χ4n) is 4.54. The lowest BCUT2D eigenvalue weighted by Gasteiger charge is -2.31. The van der Waals surface area contributed by atoms with Crippen molar-refractivity contribution in [3.8, 4) is 11.5 Å². The van der Waals surface area contributed by atoms with E-state index >= 15 is 0 Å². The van der Waals surface area contributed by atoms with E-state index in [4.69, 9.17) is 42.1 Å². The number of piperidine rings is 1. The van der Waals surface area contributed by atoms with Crippen LogP contribution in [-0.4, -0.2) is 73.4 Å². The molecule has 0 bridgehead atoms. The Labute approximate surface area is 275 Å². The van der Waals surface area contributed by atoms with E-state index in [9.17, 15) is 14.0 Å². The highest BCUT2D eigenvalue weighted by molar-refractivity contribution is 5.98. The van der Waals surface area contributed by atoms with Gasteiger partial charge in [0.2, 0.25) is 0 Å². The van der Waals surface area contributed by atoms with E-state index in [1.165, 1.54) is 12.1 Å². The zero-order valence-electron chi connectivity index (χ0n) is 27.6. The molecule has 0 aromatic heterocycles. The summed E-state index contributed by atoms with van der Waals surface area (Å²) in [7, 11) is 0. The summed E-state index contributed by atoms with van der Waals surface area (Å²) in [5.74, 6) is -0.984. The SMILES string of the molecule is CC(C)[C@H](N)C(=O)ON=C(N)c1ccc(OCCCN2CCC(COc3ccc(C(N)=NOC(=O)[C@@H](N)C(C)C)c(F)c3)CC2)cc1. The molecule has 1 aliphatic rings. The Morgan fingerprint density at radius 3 is 1.96 bits per heavy atom. The highest BCUT2D eigenvalue weighted by Crippen LogP contribution is 2.22. The third-order valence-corrected chi connectivity index (χ3v) is 7.90. The predicted molar refractivity (Wildman–Crippen MR) is 177 cm³/mol. The van der Waals surface area contributed by atoms with Crippen molar-refractivity contribution in [2.24, 2.45) is 51.0 Å². The highest BCUT2D eigenvalue weighted by atomic mass is 19.1. The molecule has 2 aromatic carbocycles. The minimum absolute atomic E-state index is 0.000526. The van der Waals surface area contributed by atoms with Crippen molar-refractivity contribution in [2.75, 3.05) is 32.8 Å². The third kappa shape index (κ3) is 11.8. The number of halogens is 1. The largest absolute Gasteiger partial charge is 0.494 e. The van der Waals surface area contributed by atoms with E-state index in [2.05, 4.69) is 15.2 Å². The second kappa shape index (κ2) is 18.2. The quantitative estimate of drug-likeness (QED) is 0.0679. The number of nitrogens with zero attached hydrogens (tertiary/aromatic N) is 3. The zero-order chi connectivity index (χ0) is 34.5. The summed E-state index contributed by atoms with van der Waals surface area (Å²) >= 11 is 0. The third-order valence-electron chi connectivity index (χ3n) is 7.90. The Morgan fingerprint density at radius 2 is 1.40 bits per heavy atom. The van der Waals surface area contributed by atoms with Crippen molar-refractivity contribution in [3.63, 3.8) is 0 Å². The Bertz CT molecular complexity index is 1380. The summed E-state index contributed by atoms with van der Waals surface area (Å²) in [5.41, 5.74) is 23.8. The van der Waals surface area contributed by atoms with Crippen molar-refractivity contribution >= 4 is 23.6 Å². The maximum Gasteiger partial charge on any atom is 0.351 e. The maximum absolute atomic E-state index is 14.7. The number of nitrogens with two attached hydrogens (primary N) is 4. The summed E-state index contributed by atoms with van der Waals surface area (Å²) in [4.78, 5) is 35.7. The molecule has 2 atom stereocenters. The highest BCUT2D eigenvalue weighted by Gasteiger charge is 2.22. The number of carbonyl (C=O) groups is 2. The number of hydrogen-bond acceptors (Lipinski definition) is 11. The fraction of sp³-hybridized carbons (Fsp3) is 0.515. The lowest BCUT2D eigenvalue weighted by Crippen LogP contribution is -2.36. The van der Waals surface area contributed by atoms with Gasteiger partial charge < -0.3 is 47.0 Å². The van der Waals surface area contributed by atoms with Crippen LogP contribution in [-0.2, 0) is 19.3 Å². The van der Waals surface area contributed by atoms with E-state index in [0.29, 0.717) is 36.2 Å². The van der Waals surface area contributed by atoms with Gasteiger partial charge in [0, 0.05) is 18.2 Å². The molecule has 14 heteroatoms. The summed E-state index contributed by atoms with van der Waals surface area (Å²) in [6, 6.07) is 9.73. The fourth-order valence-corrected chi connectivity index (χ4v) is 4.54. The Morgan fingerprint density at radius 1 is 0.851 bits per heavy atom. The molecule has 0 amide bonds. The number of oxime groups is 2. The summed E-state index contributed by atoms with van der Waals surface area (Å²) in [5, 5.41) is 7.22. The van der Waals surface area contributed by atoms with Crippen molar-refractivity contribution in [3.05, 3.63) is 59.4 Å². The summed E-state index contributed by atoms with van der Waals surface area (Å²) in [6.45, 7) is 11.0. The predicted octanol–water partition coefficient (Wildman–Crippen LogP) is 2.68. The first-order valence-corrected chi connectivity index (χ1v) is 15.8. The van der Waals surface area contributed by atoms with Gasteiger partial charge in [-0.05, 0) is 86.5 Å². The van der Waals surface area contributed by atoms with Crippen molar-refractivity contribution in [1.82, 2.24) is 4.90 Å². The van der Waals surface area contributed by atoms with E-state index in [1.54, 1.807) is 44.2 Å². The van der Waals surface area contributed by atoms with Crippen LogP contribution >= 0.6 is 0 Å². The van der Waals surface area contributed by atoms with Crippen LogP contribution in [0, 0.1) is 23.6 Å². The second-order valence-electron chi connectivity index (χ2n) is 12.3. The Kier molecular flexibility index (Phi) is 14.4. The van der Waals surface area contributed by atoms with Crippen LogP contribution in [0.25, 0.3) is 0 Å². The first-order chi connectivity index (χ1) is 22.3. The second-order valence-corrected chi connectivity index (χ2v) is 12.3. The van der Waals surface area contributed by atoms with Gasteiger partial charge in [-0.1, -0.05) is 38.0 Å². The smallest absolute Gasteiger partial charge is 0.351 e. The molecule has 3 rings (SSSR count). The van der Waals surface area contributed by atoms with Gasteiger partial charge >= 0.3 is 11.9 Å². The molecule has 1 aliphatic heterocycles. The van der Waals surface area contributed by atoms with Crippen LogP contribution in [0.1, 0.15) is 58.1 Å². The van der Waals surface area contributed by atoms with Crippen molar-refractivity contribution in [1.29, 1.82) is 0 Å². The average Bonchev–Trinajstić information content (AvgIpc) is 3.06. The minimum Gasteiger partial charge on any atom is -0.494 e. The summed E-state index contributed by atoms with van der Waals surface area (Å²) in [6.07, 6.45) is 2.79. The zero-order valence-corrected chi connectivity index (χ0v) is 27.6. The first-order valence-electron chi connectivity index (χ1n) is 15.8. The number of ether oxygens (including phenoxy) is 2. The van der Waals surface area contributed by atoms with E-state index in [1.807, 2.05) is 13.8 Å². The van der Waals surface area contributed by atoms with Gasteiger partial charge in [0.05, 0.1) is 18.8 Å². The molecule has 1 fully saturated rings. The topological polar surface area (TPSA) is 203 Å². The molecular weight excluding hydrogens is 609 g/mol. The van der Waals surface area contributed by atoms with Crippen LogP contribution < -0.4 is 32.4 Å². The van der Waals surface area contributed by atoms with Gasteiger partial charge in [-0.3, -0.25) is 0 Å². The average molecular weight is 658 g/mol. The van der Waals surface area contributed by atoms with Gasteiger partial charge in [0.15, 0.2) is 11.7 Å². The molecular formula is C33H48FN7O6. The lowest BCUT2D eigenvalue weighted by molar-refractivity contribution is -0.147.